The van der Waals surface area contributed by atoms with Gasteiger partial charge >= 0.3 is 0 Å². The van der Waals surface area contributed by atoms with Gasteiger partial charge in [-0.3, -0.25) is 0 Å². The molecule has 2 aromatic rings. The zero-order valence-corrected chi connectivity index (χ0v) is 10.9. The predicted molar refractivity (Wildman–Crippen MR) is 70.3 cm³/mol. The summed E-state index contributed by atoms with van der Waals surface area (Å²) in [5.74, 6) is 0.408. The molecule has 0 radical (unpaired) electrons. The van der Waals surface area contributed by atoms with Gasteiger partial charge in [-0.2, -0.15) is 0 Å². The molecule has 16 heavy (non-hydrogen) atoms. The predicted octanol–water partition coefficient (Wildman–Crippen LogP) is 4.63. The van der Waals surface area contributed by atoms with E-state index < -0.39 is 0 Å². The zero-order valence-electron chi connectivity index (χ0n) is 10.1. The number of nitrogens with zero attached hydrogens (tertiary/aromatic N) is 1. The van der Waals surface area contributed by atoms with E-state index in [1.54, 1.807) is 0 Å². The lowest BCUT2D eigenvalue weighted by atomic mass is 10.0. The Kier molecular flexibility index (Phi) is 2.90. The van der Waals surface area contributed by atoms with Crippen LogP contribution < -0.4 is 0 Å². The van der Waals surface area contributed by atoms with E-state index in [4.69, 9.17) is 11.6 Å². The third kappa shape index (κ3) is 1.92. The summed E-state index contributed by atoms with van der Waals surface area (Å²) in [4.78, 5) is 4.46. The van der Waals surface area contributed by atoms with E-state index in [1.165, 1.54) is 16.5 Å². The SMILES string of the molecule is Cc1cc2cc(C(C)C)c(Cl)nc2cc1C. The van der Waals surface area contributed by atoms with Crippen LogP contribution in [0.4, 0.5) is 0 Å². The Balaban J connectivity index is 2.74. The van der Waals surface area contributed by atoms with Crippen LogP contribution in [0.3, 0.4) is 0 Å². The third-order valence-electron chi connectivity index (χ3n) is 3.03. The molecular weight excluding hydrogens is 218 g/mol. The van der Waals surface area contributed by atoms with E-state index in [-0.39, 0.29) is 0 Å². The van der Waals surface area contributed by atoms with E-state index in [1.807, 2.05) is 0 Å². The topological polar surface area (TPSA) is 12.9 Å². The van der Waals surface area contributed by atoms with Gasteiger partial charge in [-0.1, -0.05) is 25.4 Å². The van der Waals surface area contributed by atoms with Crippen molar-refractivity contribution in [3.05, 3.63) is 40.0 Å². The van der Waals surface area contributed by atoms with Gasteiger partial charge in [0.2, 0.25) is 0 Å². The molecule has 0 fully saturated rings. The first-order chi connectivity index (χ1) is 7.49. The van der Waals surface area contributed by atoms with Gasteiger partial charge in [-0.05, 0) is 54.7 Å². The van der Waals surface area contributed by atoms with Crippen LogP contribution >= 0.6 is 11.6 Å². The van der Waals surface area contributed by atoms with Gasteiger partial charge in [-0.25, -0.2) is 4.98 Å². The normalized spacial score (nSPS) is 11.4. The second-order valence-electron chi connectivity index (χ2n) is 4.65. The summed E-state index contributed by atoms with van der Waals surface area (Å²) in [6.45, 7) is 8.49. The number of pyridine rings is 1. The van der Waals surface area contributed by atoms with Crippen molar-refractivity contribution in [2.75, 3.05) is 0 Å². The minimum absolute atomic E-state index is 0.408. The molecule has 0 amide bonds. The molecule has 1 nitrogen and oxygen atoms in total. The summed E-state index contributed by atoms with van der Waals surface area (Å²) in [7, 11) is 0. The molecule has 84 valence electrons. The van der Waals surface area contributed by atoms with E-state index in [0.29, 0.717) is 11.1 Å². The number of benzene rings is 1. The number of aromatic nitrogens is 1. The lowest BCUT2D eigenvalue weighted by Crippen LogP contribution is -1.93. The second-order valence-corrected chi connectivity index (χ2v) is 5.01. The minimum Gasteiger partial charge on any atom is -0.236 e. The first kappa shape index (κ1) is 11.4. The molecule has 0 aliphatic heterocycles. The molecule has 0 unspecified atom stereocenters. The van der Waals surface area contributed by atoms with Gasteiger partial charge in [0.15, 0.2) is 0 Å². The van der Waals surface area contributed by atoms with Gasteiger partial charge in [0.05, 0.1) is 5.52 Å². The van der Waals surface area contributed by atoms with Crippen molar-refractivity contribution in [3.8, 4) is 0 Å². The quantitative estimate of drug-likeness (QED) is 0.655. The molecule has 0 aliphatic carbocycles. The van der Waals surface area contributed by atoms with Crippen molar-refractivity contribution in [2.24, 2.45) is 0 Å². The molecule has 2 heteroatoms. The van der Waals surface area contributed by atoms with E-state index in [2.05, 4.69) is 50.9 Å². The molecule has 1 aromatic carbocycles. The Bertz CT molecular complexity index is 544. The average molecular weight is 234 g/mol. The number of fused-ring (bicyclic) bond motifs is 1. The molecule has 1 heterocycles. The number of rotatable bonds is 1. The van der Waals surface area contributed by atoms with Crippen LogP contribution in [-0.4, -0.2) is 4.98 Å². The zero-order chi connectivity index (χ0) is 11.9. The summed E-state index contributed by atoms with van der Waals surface area (Å²) in [5, 5.41) is 1.81. The Morgan fingerprint density at radius 1 is 1.06 bits per heavy atom. The van der Waals surface area contributed by atoms with Crippen molar-refractivity contribution in [1.29, 1.82) is 0 Å². The molecule has 0 saturated carbocycles. The van der Waals surface area contributed by atoms with E-state index in [0.717, 1.165) is 11.1 Å². The highest BCUT2D eigenvalue weighted by atomic mass is 35.5. The Labute approximate surface area is 101 Å². The molecule has 2 rings (SSSR count). The molecule has 0 saturated heterocycles. The smallest absolute Gasteiger partial charge is 0.133 e. The number of hydrogen-bond donors (Lipinski definition) is 0. The van der Waals surface area contributed by atoms with Crippen LogP contribution in [-0.2, 0) is 0 Å². The van der Waals surface area contributed by atoms with Crippen LogP contribution in [0.25, 0.3) is 10.9 Å². The van der Waals surface area contributed by atoms with Crippen molar-refractivity contribution in [1.82, 2.24) is 4.98 Å². The van der Waals surface area contributed by atoms with Crippen molar-refractivity contribution >= 4 is 22.5 Å². The van der Waals surface area contributed by atoms with E-state index >= 15 is 0 Å². The monoisotopic (exact) mass is 233 g/mol. The van der Waals surface area contributed by atoms with Crippen molar-refractivity contribution in [2.45, 2.75) is 33.6 Å². The number of hydrogen-bond acceptors (Lipinski definition) is 1. The Morgan fingerprint density at radius 3 is 2.31 bits per heavy atom. The fraction of sp³-hybridized carbons (Fsp3) is 0.357. The summed E-state index contributed by atoms with van der Waals surface area (Å²) in [6, 6.07) is 6.43. The molecule has 0 N–H and O–H groups in total. The van der Waals surface area contributed by atoms with Gasteiger partial charge in [0.1, 0.15) is 5.15 Å². The maximum atomic E-state index is 6.18. The van der Waals surface area contributed by atoms with Gasteiger partial charge in [-0.15, -0.1) is 0 Å². The fourth-order valence-electron chi connectivity index (χ4n) is 1.84. The summed E-state index contributed by atoms with van der Waals surface area (Å²) in [5.41, 5.74) is 4.66. The summed E-state index contributed by atoms with van der Waals surface area (Å²) in [6.07, 6.45) is 0. The lowest BCUT2D eigenvalue weighted by Gasteiger charge is -2.10. The minimum atomic E-state index is 0.408. The van der Waals surface area contributed by atoms with Crippen molar-refractivity contribution in [3.63, 3.8) is 0 Å². The molecule has 0 aliphatic rings. The third-order valence-corrected chi connectivity index (χ3v) is 3.34. The highest BCUT2D eigenvalue weighted by molar-refractivity contribution is 6.30. The standard InChI is InChI=1S/C14H16ClN/c1-8(2)12-7-11-5-9(3)10(4)6-13(11)16-14(12)15/h5-8H,1-4H3. The van der Waals surface area contributed by atoms with Gasteiger partial charge in [0, 0.05) is 5.39 Å². The number of aryl methyl sites for hydroxylation is 2. The van der Waals surface area contributed by atoms with Crippen molar-refractivity contribution < 1.29 is 0 Å². The molecular formula is C14H16ClN. The Morgan fingerprint density at radius 2 is 1.69 bits per heavy atom. The van der Waals surface area contributed by atoms with Crippen LogP contribution in [0.5, 0.6) is 0 Å². The van der Waals surface area contributed by atoms with Crippen LogP contribution in [0.15, 0.2) is 18.2 Å². The second kappa shape index (κ2) is 4.06. The maximum absolute atomic E-state index is 6.18. The summed E-state index contributed by atoms with van der Waals surface area (Å²) >= 11 is 6.18. The largest absolute Gasteiger partial charge is 0.236 e. The molecule has 0 bridgehead atoms. The average Bonchev–Trinajstić information content (AvgIpc) is 2.19. The van der Waals surface area contributed by atoms with Crippen LogP contribution in [0.1, 0.15) is 36.5 Å². The van der Waals surface area contributed by atoms with Gasteiger partial charge in [0.25, 0.3) is 0 Å². The lowest BCUT2D eigenvalue weighted by molar-refractivity contribution is 0.862. The molecule has 0 atom stereocenters. The molecule has 0 spiro atoms. The maximum Gasteiger partial charge on any atom is 0.133 e. The highest BCUT2D eigenvalue weighted by Gasteiger charge is 2.09. The molecule has 1 aromatic heterocycles. The summed E-state index contributed by atoms with van der Waals surface area (Å²) < 4.78 is 0. The highest BCUT2D eigenvalue weighted by Crippen LogP contribution is 2.27. The number of halogens is 1. The van der Waals surface area contributed by atoms with E-state index in [9.17, 15) is 0 Å². The first-order valence-electron chi connectivity index (χ1n) is 5.56. The van der Waals surface area contributed by atoms with Crippen LogP contribution in [0, 0.1) is 13.8 Å². The first-order valence-corrected chi connectivity index (χ1v) is 5.94. The fourth-order valence-corrected chi connectivity index (χ4v) is 2.20. The van der Waals surface area contributed by atoms with Crippen LogP contribution in [0.2, 0.25) is 5.15 Å². The Hall–Kier alpha value is -1.08. The van der Waals surface area contributed by atoms with Gasteiger partial charge < -0.3 is 0 Å².